The number of amides is 1. The molecule has 1 saturated carbocycles. The Hall–Kier alpha value is -1.06. The van der Waals surface area contributed by atoms with Gasteiger partial charge in [-0.25, -0.2) is 0 Å². The van der Waals surface area contributed by atoms with Crippen LogP contribution in [0.2, 0.25) is 0 Å². The summed E-state index contributed by atoms with van der Waals surface area (Å²) in [5.41, 5.74) is -0.442. The monoisotopic (exact) mass is 297 g/mol. The van der Waals surface area contributed by atoms with Crippen molar-refractivity contribution in [3.63, 3.8) is 0 Å². The molecule has 3 unspecified atom stereocenters. The van der Waals surface area contributed by atoms with E-state index in [0.29, 0.717) is 18.4 Å². The first-order valence-corrected chi connectivity index (χ1v) is 8.12. The van der Waals surface area contributed by atoms with Crippen LogP contribution < -0.4 is 5.32 Å². The van der Waals surface area contributed by atoms with E-state index >= 15 is 0 Å². The summed E-state index contributed by atoms with van der Waals surface area (Å²) < 4.78 is 5.08. The third-order valence-corrected chi connectivity index (χ3v) is 4.18. The lowest BCUT2D eigenvalue weighted by Gasteiger charge is -2.34. The Kier molecular flexibility index (Phi) is 6.24. The molecule has 1 N–H and O–H groups in total. The first kappa shape index (κ1) is 18.0. The molecule has 0 aliphatic heterocycles. The molecule has 1 rings (SSSR count). The van der Waals surface area contributed by atoms with E-state index in [4.69, 9.17) is 4.74 Å². The zero-order valence-corrected chi connectivity index (χ0v) is 14.4. The quantitative estimate of drug-likeness (QED) is 0.640. The van der Waals surface area contributed by atoms with Crippen molar-refractivity contribution in [2.24, 2.45) is 23.2 Å². The van der Waals surface area contributed by atoms with Crippen LogP contribution in [0.1, 0.15) is 60.8 Å². The highest BCUT2D eigenvalue weighted by molar-refractivity contribution is 5.98. The Labute approximate surface area is 129 Å². The maximum absolute atomic E-state index is 12.6. The number of hydrogen-bond donors (Lipinski definition) is 1. The van der Waals surface area contributed by atoms with Gasteiger partial charge in [-0.05, 0) is 43.4 Å². The maximum atomic E-state index is 12.6. The zero-order chi connectivity index (χ0) is 16.2. The van der Waals surface area contributed by atoms with Gasteiger partial charge in [0, 0.05) is 6.04 Å². The smallest absolute Gasteiger partial charge is 0.319 e. The molecule has 0 saturated heterocycles. The van der Waals surface area contributed by atoms with Crippen LogP contribution in [-0.2, 0) is 14.3 Å². The van der Waals surface area contributed by atoms with Crippen molar-refractivity contribution in [3.05, 3.63) is 0 Å². The predicted octanol–water partition coefficient (Wildman–Crippen LogP) is 3.15. The number of rotatable bonds is 4. The minimum absolute atomic E-state index is 0.176. The average molecular weight is 297 g/mol. The van der Waals surface area contributed by atoms with E-state index in [1.165, 1.54) is 6.42 Å². The number of carbonyl (C=O) groups is 2. The molecule has 1 fully saturated rings. The summed E-state index contributed by atoms with van der Waals surface area (Å²) >= 11 is 0. The van der Waals surface area contributed by atoms with Crippen LogP contribution in [0.25, 0.3) is 0 Å². The van der Waals surface area contributed by atoms with E-state index in [-0.39, 0.29) is 11.9 Å². The van der Waals surface area contributed by atoms with Gasteiger partial charge in [-0.15, -0.1) is 0 Å². The molecule has 1 amide bonds. The van der Waals surface area contributed by atoms with Gasteiger partial charge in [0.25, 0.3) is 0 Å². The van der Waals surface area contributed by atoms with Gasteiger partial charge in [-0.3, -0.25) is 9.59 Å². The van der Waals surface area contributed by atoms with Gasteiger partial charge in [-0.1, -0.05) is 34.6 Å². The minimum atomic E-state index is -0.745. The molecule has 0 radical (unpaired) electrons. The fraction of sp³-hybridized carbons (Fsp3) is 0.882. The van der Waals surface area contributed by atoms with Gasteiger partial charge in [0.1, 0.15) is 5.92 Å². The molecule has 0 bridgehead atoms. The van der Waals surface area contributed by atoms with Crippen molar-refractivity contribution in [1.29, 1.82) is 0 Å². The molecule has 122 valence electrons. The second kappa shape index (κ2) is 7.28. The number of esters is 1. The van der Waals surface area contributed by atoms with Crippen molar-refractivity contribution >= 4 is 11.9 Å². The van der Waals surface area contributed by atoms with E-state index in [1.54, 1.807) is 6.92 Å². The molecule has 0 aromatic carbocycles. The van der Waals surface area contributed by atoms with Gasteiger partial charge < -0.3 is 10.1 Å². The molecule has 4 heteroatoms. The third-order valence-electron chi connectivity index (χ3n) is 4.18. The summed E-state index contributed by atoms with van der Waals surface area (Å²) in [6.07, 6.45) is 3.21. The molecule has 21 heavy (non-hydrogen) atoms. The standard InChI is InChI=1S/C17H31NO3/c1-7-21-16(20)14(17(4,5)6)15(19)18-13-9-11(2)8-12(3)10-13/h11-14H,7-10H2,1-6H3,(H,18,19). The van der Waals surface area contributed by atoms with Crippen LogP contribution >= 0.6 is 0 Å². The van der Waals surface area contributed by atoms with E-state index in [9.17, 15) is 9.59 Å². The highest BCUT2D eigenvalue weighted by Gasteiger charge is 2.40. The van der Waals surface area contributed by atoms with Gasteiger partial charge in [-0.2, -0.15) is 0 Å². The summed E-state index contributed by atoms with van der Waals surface area (Å²) in [5.74, 6) is -0.110. The zero-order valence-electron chi connectivity index (χ0n) is 14.4. The Balaban J connectivity index is 2.75. The minimum Gasteiger partial charge on any atom is -0.465 e. The fourth-order valence-electron chi connectivity index (χ4n) is 3.43. The number of carbonyl (C=O) groups excluding carboxylic acids is 2. The lowest BCUT2D eigenvalue weighted by Crippen LogP contribution is -2.48. The van der Waals surface area contributed by atoms with Gasteiger partial charge in [0.05, 0.1) is 6.61 Å². The van der Waals surface area contributed by atoms with E-state index < -0.39 is 17.3 Å². The van der Waals surface area contributed by atoms with Crippen molar-refractivity contribution < 1.29 is 14.3 Å². The molecule has 0 heterocycles. The predicted molar refractivity (Wildman–Crippen MR) is 83.7 cm³/mol. The lowest BCUT2D eigenvalue weighted by atomic mass is 9.78. The van der Waals surface area contributed by atoms with Crippen molar-refractivity contribution in [2.75, 3.05) is 6.61 Å². The largest absolute Gasteiger partial charge is 0.465 e. The van der Waals surface area contributed by atoms with Gasteiger partial charge >= 0.3 is 5.97 Å². The second-order valence-corrected chi connectivity index (χ2v) is 7.67. The molecular weight excluding hydrogens is 266 g/mol. The highest BCUT2D eigenvalue weighted by Crippen LogP contribution is 2.31. The highest BCUT2D eigenvalue weighted by atomic mass is 16.5. The number of nitrogens with one attached hydrogen (secondary N) is 1. The summed E-state index contributed by atoms with van der Waals surface area (Å²) in [6.45, 7) is 12.2. The topological polar surface area (TPSA) is 55.4 Å². The molecule has 0 spiro atoms. The Morgan fingerprint density at radius 1 is 1.14 bits per heavy atom. The van der Waals surface area contributed by atoms with Crippen LogP contribution in [0, 0.1) is 23.2 Å². The summed E-state index contributed by atoms with van der Waals surface area (Å²) in [5, 5.41) is 3.09. The van der Waals surface area contributed by atoms with E-state index in [1.807, 2.05) is 20.8 Å². The first-order valence-electron chi connectivity index (χ1n) is 8.12. The lowest BCUT2D eigenvalue weighted by molar-refractivity contribution is -0.157. The maximum Gasteiger partial charge on any atom is 0.319 e. The van der Waals surface area contributed by atoms with Crippen LogP contribution in [0.15, 0.2) is 0 Å². The van der Waals surface area contributed by atoms with E-state index in [0.717, 1.165) is 12.8 Å². The Morgan fingerprint density at radius 3 is 2.10 bits per heavy atom. The number of hydrogen-bond acceptors (Lipinski definition) is 3. The number of ether oxygens (including phenoxy) is 1. The van der Waals surface area contributed by atoms with Crippen molar-refractivity contribution in [2.45, 2.75) is 66.8 Å². The molecule has 1 aliphatic carbocycles. The van der Waals surface area contributed by atoms with Crippen LogP contribution in [0.3, 0.4) is 0 Å². The Bertz CT molecular complexity index is 363. The van der Waals surface area contributed by atoms with Crippen LogP contribution in [0.5, 0.6) is 0 Å². The van der Waals surface area contributed by atoms with Gasteiger partial charge in [0.15, 0.2) is 0 Å². The summed E-state index contributed by atoms with van der Waals surface area (Å²) in [7, 11) is 0. The third kappa shape index (κ3) is 5.33. The summed E-state index contributed by atoms with van der Waals surface area (Å²) in [4.78, 5) is 24.7. The van der Waals surface area contributed by atoms with Crippen LogP contribution in [0.4, 0.5) is 0 Å². The molecular formula is C17H31NO3. The molecule has 4 nitrogen and oxygen atoms in total. The van der Waals surface area contributed by atoms with Crippen molar-refractivity contribution in [1.82, 2.24) is 5.32 Å². The molecule has 3 atom stereocenters. The average Bonchev–Trinajstić information content (AvgIpc) is 2.25. The van der Waals surface area contributed by atoms with Gasteiger partial charge in [0.2, 0.25) is 5.91 Å². The fourth-order valence-corrected chi connectivity index (χ4v) is 3.43. The van der Waals surface area contributed by atoms with Crippen molar-refractivity contribution in [3.8, 4) is 0 Å². The SMILES string of the molecule is CCOC(=O)C(C(=O)NC1CC(C)CC(C)C1)C(C)(C)C. The summed E-state index contributed by atoms with van der Waals surface area (Å²) in [6, 6.07) is 0.176. The second-order valence-electron chi connectivity index (χ2n) is 7.67. The molecule has 0 aromatic rings. The Morgan fingerprint density at radius 2 is 1.67 bits per heavy atom. The molecule has 0 aromatic heterocycles. The first-order chi connectivity index (χ1) is 9.65. The van der Waals surface area contributed by atoms with Crippen LogP contribution in [-0.4, -0.2) is 24.5 Å². The normalized spacial score (nSPS) is 27.8. The van der Waals surface area contributed by atoms with E-state index in [2.05, 4.69) is 19.2 Å². The molecule has 1 aliphatic rings.